The third-order valence-electron chi connectivity index (χ3n) is 3.22. The molecule has 0 saturated heterocycles. The predicted molar refractivity (Wildman–Crippen MR) is 76.5 cm³/mol. The summed E-state index contributed by atoms with van der Waals surface area (Å²) in [6.45, 7) is 9.28. The summed E-state index contributed by atoms with van der Waals surface area (Å²) in [6.07, 6.45) is 0. The van der Waals surface area contributed by atoms with Crippen molar-refractivity contribution in [1.29, 1.82) is 0 Å². The first-order valence-corrected chi connectivity index (χ1v) is 6.19. The molecule has 4 heteroatoms. The minimum atomic E-state index is -0.184. The molecule has 4 nitrogen and oxygen atoms in total. The number of anilines is 2. The molecule has 1 atom stereocenters. The Morgan fingerprint density at radius 1 is 1.28 bits per heavy atom. The minimum Gasteiger partial charge on any atom is -0.399 e. The summed E-state index contributed by atoms with van der Waals surface area (Å²) < 4.78 is 0. The smallest absolute Gasteiger partial charge is 0.319 e. The highest BCUT2D eigenvalue weighted by Gasteiger charge is 2.20. The van der Waals surface area contributed by atoms with E-state index >= 15 is 0 Å². The lowest BCUT2D eigenvalue weighted by Gasteiger charge is -2.27. The van der Waals surface area contributed by atoms with E-state index in [1.807, 2.05) is 0 Å². The summed E-state index contributed by atoms with van der Waals surface area (Å²) in [5, 5.41) is 5.64. The minimum absolute atomic E-state index is 0.184. The molecule has 2 amide bonds. The monoisotopic (exact) mass is 249 g/mol. The fraction of sp³-hybridized carbons (Fsp3) is 0.500. The molecule has 0 saturated carbocycles. The number of carbonyl (C=O) groups is 1. The van der Waals surface area contributed by atoms with E-state index < -0.39 is 0 Å². The van der Waals surface area contributed by atoms with Crippen molar-refractivity contribution in [2.24, 2.45) is 11.3 Å². The second kappa shape index (κ2) is 5.76. The third-order valence-corrected chi connectivity index (χ3v) is 3.22. The fourth-order valence-corrected chi connectivity index (χ4v) is 1.29. The average Bonchev–Trinajstić information content (AvgIpc) is 2.28. The molecule has 0 heterocycles. The molecule has 4 N–H and O–H groups in total. The van der Waals surface area contributed by atoms with E-state index in [1.165, 1.54) is 0 Å². The maximum Gasteiger partial charge on any atom is 0.319 e. The molecule has 18 heavy (non-hydrogen) atoms. The van der Waals surface area contributed by atoms with Crippen molar-refractivity contribution in [2.75, 3.05) is 17.6 Å². The number of hydrogen-bond acceptors (Lipinski definition) is 2. The number of benzene rings is 1. The highest BCUT2D eigenvalue weighted by Crippen LogP contribution is 2.24. The van der Waals surface area contributed by atoms with Crippen LogP contribution in [0.1, 0.15) is 27.7 Å². The van der Waals surface area contributed by atoms with Crippen molar-refractivity contribution in [3.8, 4) is 0 Å². The van der Waals surface area contributed by atoms with Gasteiger partial charge < -0.3 is 16.4 Å². The lowest BCUT2D eigenvalue weighted by atomic mass is 9.82. The van der Waals surface area contributed by atoms with Crippen molar-refractivity contribution in [3.63, 3.8) is 0 Å². The van der Waals surface area contributed by atoms with Crippen LogP contribution in [0.15, 0.2) is 24.3 Å². The quantitative estimate of drug-likeness (QED) is 0.721. The first-order chi connectivity index (χ1) is 8.29. The van der Waals surface area contributed by atoms with Crippen LogP contribution in [0.5, 0.6) is 0 Å². The normalized spacial score (nSPS) is 12.9. The summed E-state index contributed by atoms with van der Waals surface area (Å²) in [5.41, 5.74) is 7.19. The zero-order chi connectivity index (χ0) is 13.8. The number of nitrogens with one attached hydrogen (secondary N) is 2. The second-order valence-electron chi connectivity index (χ2n) is 5.72. The third kappa shape index (κ3) is 4.65. The molecule has 1 aromatic rings. The molecule has 0 aliphatic carbocycles. The van der Waals surface area contributed by atoms with Gasteiger partial charge in [-0.05, 0) is 35.6 Å². The molecule has 0 bridgehead atoms. The van der Waals surface area contributed by atoms with Crippen molar-refractivity contribution < 1.29 is 4.79 Å². The molecule has 0 aliphatic heterocycles. The first-order valence-electron chi connectivity index (χ1n) is 6.19. The Morgan fingerprint density at radius 2 is 1.83 bits per heavy atom. The van der Waals surface area contributed by atoms with Gasteiger partial charge in [-0.25, -0.2) is 4.79 Å². The van der Waals surface area contributed by atoms with Gasteiger partial charge in [-0.15, -0.1) is 0 Å². The summed E-state index contributed by atoms with van der Waals surface area (Å²) >= 11 is 0. The van der Waals surface area contributed by atoms with Crippen molar-refractivity contribution in [1.82, 2.24) is 5.32 Å². The number of carbonyl (C=O) groups excluding carboxylic acids is 1. The standard InChI is InChI=1S/C14H23N3O/c1-10(14(2,3)4)9-16-13(18)17-12-7-5-11(15)6-8-12/h5-8,10H,9,15H2,1-4H3,(H2,16,17,18). The molecular weight excluding hydrogens is 226 g/mol. The Morgan fingerprint density at radius 3 is 2.33 bits per heavy atom. The van der Waals surface area contributed by atoms with E-state index in [9.17, 15) is 4.79 Å². The molecular formula is C14H23N3O. The van der Waals surface area contributed by atoms with Crippen LogP contribution in [0.4, 0.5) is 16.2 Å². The van der Waals surface area contributed by atoms with Gasteiger partial charge in [0.25, 0.3) is 0 Å². The van der Waals surface area contributed by atoms with E-state index in [2.05, 4.69) is 38.3 Å². The molecule has 0 aromatic heterocycles. The Labute approximate surface area is 109 Å². The molecule has 1 unspecified atom stereocenters. The van der Waals surface area contributed by atoms with Crippen molar-refractivity contribution >= 4 is 17.4 Å². The van der Waals surface area contributed by atoms with Crippen LogP contribution in [0.3, 0.4) is 0 Å². The Bertz CT molecular complexity index is 392. The van der Waals surface area contributed by atoms with E-state index in [-0.39, 0.29) is 11.4 Å². The number of urea groups is 1. The lowest BCUT2D eigenvalue weighted by molar-refractivity contribution is 0.233. The molecule has 100 valence electrons. The van der Waals surface area contributed by atoms with Crippen molar-refractivity contribution in [3.05, 3.63) is 24.3 Å². The SMILES string of the molecule is CC(CNC(=O)Nc1ccc(N)cc1)C(C)(C)C. The fourth-order valence-electron chi connectivity index (χ4n) is 1.29. The van der Waals surface area contributed by atoms with E-state index in [1.54, 1.807) is 24.3 Å². The summed E-state index contributed by atoms with van der Waals surface area (Å²) in [6, 6.07) is 6.89. The van der Waals surface area contributed by atoms with Gasteiger partial charge in [0, 0.05) is 17.9 Å². The molecule has 0 aliphatic rings. The number of amides is 2. The van der Waals surface area contributed by atoms with E-state index in [0.29, 0.717) is 18.2 Å². The van der Waals surface area contributed by atoms with Gasteiger partial charge in [0.2, 0.25) is 0 Å². The van der Waals surface area contributed by atoms with E-state index in [0.717, 1.165) is 5.69 Å². The largest absolute Gasteiger partial charge is 0.399 e. The van der Waals surface area contributed by atoms with Gasteiger partial charge in [0.15, 0.2) is 0 Å². The van der Waals surface area contributed by atoms with Crippen molar-refractivity contribution in [2.45, 2.75) is 27.7 Å². The summed E-state index contributed by atoms with van der Waals surface area (Å²) in [4.78, 5) is 11.7. The molecule has 1 aromatic carbocycles. The Kier molecular flexibility index (Phi) is 4.59. The Balaban J connectivity index is 2.41. The van der Waals surface area contributed by atoms with Gasteiger partial charge in [-0.2, -0.15) is 0 Å². The molecule has 0 spiro atoms. The van der Waals surface area contributed by atoms with Crippen LogP contribution in [0.2, 0.25) is 0 Å². The maximum absolute atomic E-state index is 11.7. The highest BCUT2D eigenvalue weighted by atomic mass is 16.2. The second-order valence-corrected chi connectivity index (χ2v) is 5.72. The van der Waals surface area contributed by atoms with Crippen LogP contribution in [0, 0.1) is 11.3 Å². The summed E-state index contributed by atoms with van der Waals surface area (Å²) in [7, 11) is 0. The van der Waals surface area contributed by atoms with Gasteiger partial charge in [-0.1, -0.05) is 27.7 Å². The van der Waals surface area contributed by atoms with Crippen LogP contribution in [-0.2, 0) is 0 Å². The predicted octanol–water partition coefficient (Wildman–Crippen LogP) is 3.07. The van der Waals surface area contributed by atoms with E-state index in [4.69, 9.17) is 5.73 Å². The van der Waals surface area contributed by atoms with Gasteiger partial charge >= 0.3 is 6.03 Å². The molecule has 1 rings (SSSR count). The van der Waals surface area contributed by atoms with Crippen LogP contribution < -0.4 is 16.4 Å². The number of hydrogen-bond donors (Lipinski definition) is 3. The lowest BCUT2D eigenvalue weighted by Crippen LogP contribution is -2.36. The van der Waals surface area contributed by atoms with Gasteiger partial charge in [0.05, 0.1) is 0 Å². The number of nitrogens with two attached hydrogens (primary N) is 1. The van der Waals surface area contributed by atoms with Crippen LogP contribution in [-0.4, -0.2) is 12.6 Å². The molecule has 0 fully saturated rings. The zero-order valence-electron chi connectivity index (χ0n) is 11.6. The highest BCUT2D eigenvalue weighted by molar-refractivity contribution is 5.89. The Hall–Kier alpha value is -1.71. The van der Waals surface area contributed by atoms with Crippen LogP contribution >= 0.6 is 0 Å². The zero-order valence-corrected chi connectivity index (χ0v) is 11.6. The molecule has 0 radical (unpaired) electrons. The number of nitrogen functional groups attached to an aromatic ring is 1. The summed E-state index contributed by atoms with van der Waals surface area (Å²) in [5.74, 6) is 0.412. The number of rotatable bonds is 3. The topological polar surface area (TPSA) is 67.2 Å². The first kappa shape index (κ1) is 14.4. The van der Waals surface area contributed by atoms with Gasteiger partial charge in [0.1, 0.15) is 0 Å². The maximum atomic E-state index is 11.7. The average molecular weight is 249 g/mol. The van der Waals surface area contributed by atoms with Gasteiger partial charge in [-0.3, -0.25) is 0 Å². The van der Waals surface area contributed by atoms with Crippen LogP contribution in [0.25, 0.3) is 0 Å².